The Morgan fingerprint density at radius 3 is 2.88 bits per heavy atom. The molecule has 5 nitrogen and oxygen atoms in total. The second-order valence-electron chi connectivity index (χ2n) is 5.28. The van der Waals surface area contributed by atoms with Crippen LogP contribution in [0.1, 0.15) is 15.2 Å². The van der Waals surface area contributed by atoms with Gasteiger partial charge in [-0.25, -0.2) is 4.79 Å². The largest absolute Gasteiger partial charge is 0.422 e. The number of para-hydroxylation sites is 1. The van der Waals surface area contributed by atoms with Gasteiger partial charge in [-0.2, -0.15) is 0 Å². The number of carbonyl (C=O) groups is 1. The molecule has 4 rings (SSSR count). The second-order valence-corrected chi connectivity index (χ2v) is 6.34. The van der Waals surface area contributed by atoms with Crippen molar-refractivity contribution in [1.29, 1.82) is 0 Å². The van der Waals surface area contributed by atoms with Crippen molar-refractivity contribution < 1.29 is 9.21 Å². The molecule has 0 radical (unpaired) electrons. The molecular weight excluding hydrogens is 324 g/mol. The van der Waals surface area contributed by atoms with E-state index in [9.17, 15) is 9.59 Å². The lowest BCUT2D eigenvalue weighted by Crippen LogP contribution is -2.21. The highest BCUT2D eigenvalue weighted by molar-refractivity contribution is 7.21. The number of aromatic nitrogens is 1. The van der Waals surface area contributed by atoms with E-state index in [1.54, 1.807) is 24.5 Å². The first-order chi connectivity index (χ1) is 11.7. The molecule has 0 spiro atoms. The van der Waals surface area contributed by atoms with Crippen LogP contribution in [0, 0.1) is 0 Å². The number of pyridine rings is 1. The molecule has 1 aromatic carbocycles. The van der Waals surface area contributed by atoms with Gasteiger partial charge in [0.25, 0.3) is 5.91 Å². The SMILES string of the molecule is O=C(NCc1cccnc1)c1cc2c(=O)oc3ccccc3c2s1. The van der Waals surface area contributed by atoms with Crippen molar-refractivity contribution in [1.82, 2.24) is 10.3 Å². The summed E-state index contributed by atoms with van der Waals surface area (Å²) in [7, 11) is 0. The minimum atomic E-state index is -0.425. The summed E-state index contributed by atoms with van der Waals surface area (Å²) in [4.78, 5) is 29.0. The number of fused-ring (bicyclic) bond motifs is 3. The minimum absolute atomic E-state index is 0.219. The Morgan fingerprint density at radius 2 is 2.04 bits per heavy atom. The highest BCUT2D eigenvalue weighted by Gasteiger charge is 2.15. The molecule has 0 saturated carbocycles. The zero-order valence-corrected chi connectivity index (χ0v) is 13.3. The van der Waals surface area contributed by atoms with Crippen molar-refractivity contribution in [2.75, 3.05) is 0 Å². The lowest BCUT2D eigenvalue weighted by atomic mass is 10.2. The van der Waals surface area contributed by atoms with Crippen LogP contribution >= 0.6 is 11.3 Å². The van der Waals surface area contributed by atoms with Gasteiger partial charge in [-0.15, -0.1) is 11.3 Å². The van der Waals surface area contributed by atoms with Crippen molar-refractivity contribution in [2.45, 2.75) is 6.54 Å². The van der Waals surface area contributed by atoms with Crippen LogP contribution in [0.15, 0.2) is 64.1 Å². The van der Waals surface area contributed by atoms with Crippen LogP contribution in [0.4, 0.5) is 0 Å². The van der Waals surface area contributed by atoms with Crippen molar-refractivity contribution in [2.24, 2.45) is 0 Å². The van der Waals surface area contributed by atoms with Crippen LogP contribution < -0.4 is 10.9 Å². The lowest BCUT2D eigenvalue weighted by molar-refractivity contribution is 0.0955. The van der Waals surface area contributed by atoms with Gasteiger partial charge in [-0.3, -0.25) is 9.78 Å². The van der Waals surface area contributed by atoms with Gasteiger partial charge in [0.15, 0.2) is 0 Å². The second kappa shape index (κ2) is 5.90. The van der Waals surface area contributed by atoms with Gasteiger partial charge < -0.3 is 9.73 Å². The standard InChI is InChI=1S/C18H12N2O3S/c21-17(20-10-11-4-3-7-19-9-11)15-8-13-16(24-15)12-5-1-2-6-14(12)23-18(13)22/h1-9H,10H2,(H,20,21). The van der Waals surface area contributed by atoms with E-state index in [1.807, 2.05) is 30.3 Å². The molecule has 0 fully saturated rings. The number of nitrogens with one attached hydrogen (secondary N) is 1. The molecule has 118 valence electrons. The van der Waals surface area contributed by atoms with E-state index in [4.69, 9.17) is 4.42 Å². The number of nitrogens with zero attached hydrogens (tertiary/aromatic N) is 1. The third-order valence-electron chi connectivity index (χ3n) is 3.69. The molecule has 0 saturated heterocycles. The Bertz CT molecular complexity index is 1100. The Morgan fingerprint density at radius 1 is 1.17 bits per heavy atom. The molecule has 24 heavy (non-hydrogen) atoms. The molecule has 6 heteroatoms. The molecule has 4 aromatic rings. The third kappa shape index (κ3) is 2.57. The van der Waals surface area contributed by atoms with Gasteiger partial charge in [0.2, 0.25) is 0 Å². The van der Waals surface area contributed by atoms with E-state index >= 15 is 0 Å². The van der Waals surface area contributed by atoms with Crippen molar-refractivity contribution in [3.05, 3.63) is 75.7 Å². The molecule has 0 aliphatic rings. The maximum absolute atomic E-state index is 12.4. The molecule has 1 N–H and O–H groups in total. The zero-order chi connectivity index (χ0) is 16.5. The highest BCUT2D eigenvalue weighted by atomic mass is 32.1. The Hall–Kier alpha value is -2.99. The maximum atomic E-state index is 12.4. The van der Waals surface area contributed by atoms with Gasteiger partial charge in [-0.05, 0) is 29.8 Å². The molecule has 0 aliphatic carbocycles. The average molecular weight is 336 g/mol. The predicted octanol–water partition coefficient (Wildman–Crippen LogP) is 3.33. The van der Waals surface area contributed by atoms with Crippen LogP contribution in [0.25, 0.3) is 21.1 Å². The van der Waals surface area contributed by atoms with E-state index in [-0.39, 0.29) is 5.91 Å². The fraction of sp³-hybridized carbons (Fsp3) is 0.0556. The summed E-state index contributed by atoms with van der Waals surface area (Å²) in [5.74, 6) is -0.219. The van der Waals surface area contributed by atoms with Crippen LogP contribution in [0.3, 0.4) is 0 Å². The average Bonchev–Trinajstić information content (AvgIpc) is 3.07. The van der Waals surface area contributed by atoms with Crippen molar-refractivity contribution in [3.63, 3.8) is 0 Å². The Balaban J connectivity index is 1.70. The minimum Gasteiger partial charge on any atom is -0.422 e. The summed E-state index contributed by atoms with van der Waals surface area (Å²) in [6.45, 7) is 0.385. The van der Waals surface area contributed by atoms with Crippen LogP contribution in [0.2, 0.25) is 0 Å². The molecule has 0 unspecified atom stereocenters. The fourth-order valence-electron chi connectivity index (χ4n) is 2.52. The van der Waals surface area contributed by atoms with E-state index in [0.29, 0.717) is 22.4 Å². The summed E-state index contributed by atoms with van der Waals surface area (Å²) in [5.41, 5.74) is 1.02. The number of thiophene rings is 1. The molecule has 0 atom stereocenters. The summed E-state index contributed by atoms with van der Waals surface area (Å²) in [5, 5.41) is 4.11. The Kier molecular flexibility index (Phi) is 3.59. The number of rotatable bonds is 3. The maximum Gasteiger partial charge on any atom is 0.345 e. The number of benzene rings is 1. The smallest absolute Gasteiger partial charge is 0.345 e. The first-order valence-electron chi connectivity index (χ1n) is 7.35. The summed E-state index contributed by atoms with van der Waals surface area (Å²) >= 11 is 1.30. The van der Waals surface area contributed by atoms with E-state index in [2.05, 4.69) is 10.3 Å². The predicted molar refractivity (Wildman–Crippen MR) is 93.3 cm³/mol. The van der Waals surface area contributed by atoms with Crippen molar-refractivity contribution >= 4 is 38.3 Å². The lowest BCUT2D eigenvalue weighted by Gasteiger charge is -2.02. The molecule has 1 amide bonds. The van der Waals surface area contributed by atoms with E-state index in [1.165, 1.54) is 11.3 Å². The van der Waals surface area contributed by atoms with E-state index in [0.717, 1.165) is 15.6 Å². The number of carbonyl (C=O) groups excluding carboxylic acids is 1. The third-order valence-corrected chi connectivity index (χ3v) is 4.85. The first kappa shape index (κ1) is 14.6. The van der Waals surface area contributed by atoms with Gasteiger partial charge >= 0.3 is 5.63 Å². The molecule has 3 aromatic heterocycles. The molecule has 0 bridgehead atoms. The van der Waals surface area contributed by atoms with Gasteiger partial charge in [0.1, 0.15) is 5.58 Å². The molecular formula is C18H12N2O3S. The topological polar surface area (TPSA) is 72.2 Å². The van der Waals surface area contributed by atoms with E-state index < -0.39 is 5.63 Å². The normalized spacial score (nSPS) is 11.0. The van der Waals surface area contributed by atoms with Gasteiger partial charge in [-0.1, -0.05) is 18.2 Å². The first-order valence-corrected chi connectivity index (χ1v) is 8.16. The summed E-state index contributed by atoms with van der Waals surface area (Å²) in [6.07, 6.45) is 3.38. The van der Waals surface area contributed by atoms with Gasteiger partial charge in [0, 0.05) is 24.3 Å². The van der Waals surface area contributed by atoms with Crippen LogP contribution in [0.5, 0.6) is 0 Å². The number of hydrogen-bond donors (Lipinski definition) is 1. The zero-order valence-electron chi connectivity index (χ0n) is 12.5. The molecule has 0 aliphatic heterocycles. The Labute approximate surface area is 140 Å². The number of amides is 1. The van der Waals surface area contributed by atoms with Gasteiger partial charge in [0.05, 0.1) is 15.0 Å². The number of hydrogen-bond acceptors (Lipinski definition) is 5. The van der Waals surface area contributed by atoms with Crippen LogP contribution in [-0.2, 0) is 6.54 Å². The fourth-order valence-corrected chi connectivity index (χ4v) is 3.62. The quantitative estimate of drug-likeness (QED) is 0.583. The molecule has 3 heterocycles. The van der Waals surface area contributed by atoms with Crippen molar-refractivity contribution in [3.8, 4) is 0 Å². The monoisotopic (exact) mass is 336 g/mol. The summed E-state index contributed by atoms with van der Waals surface area (Å²) < 4.78 is 6.08. The van der Waals surface area contributed by atoms with Crippen LogP contribution in [-0.4, -0.2) is 10.9 Å². The highest BCUT2D eigenvalue weighted by Crippen LogP contribution is 2.30. The summed E-state index contributed by atoms with van der Waals surface area (Å²) in [6, 6.07) is 12.6.